The number of hydrogen-bond donors (Lipinski definition) is 1. The largest absolute Gasteiger partial charge is 0.399 e. The fourth-order valence-corrected chi connectivity index (χ4v) is 1.71. The Morgan fingerprint density at radius 1 is 1.67 bits per heavy atom. The summed E-state index contributed by atoms with van der Waals surface area (Å²) in [7, 11) is 3.39. The molecule has 0 aliphatic heterocycles. The molecule has 0 amide bonds. The van der Waals surface area contributed by atoms with Crippen molar-refractivity contribution in [2.24, 2.45) is 5.73 Å². The van der Waals surface area contributed by atoms with Crippen molar-refractivity contribution in [2.75, 3.05) is 0 Å². The van der Waals surface area contributed by atoms with E-state index in [-0.39, 0.29) is 0 Å². The Morgan fingerprint density at radius 3 is 2.22 bits per heavy atom. The SMILES string of the molecule is C=C(N)C(=C)PC(C)P. The zero-order valence-electron chi connectivity index (χ0n) is 5.65. The van der Waals surface area contributed by atoms with Crippen LogP contribution in [0.3, 0.4) is 0 Å². The summed E-state index contributed by atoms with van der Waals surface area (Å²) in [6.45, 7) is 9.46. The van der Waals surface area contributed by atoms with E-state index in [2.05, 4.69) is 29.3 Å². The summed E-state index contributed by atoms with van der Waals surface area (Å²) < 4.78 is 0. The quantitative estimate of drug-likeness (QED) is 0.496. The summed E-state index contributed by atoms with van der Waals surface area (Å²) in [4.78, 5) is 0. The van der Waals surface area contributed by atoms with Gasteiger partial charge in [0.25, 0.3) is 0 Å². The van der Waals surface area contributed by atoms with Crippen molar-refractivity contribution < 1.29 is 0 Å². The lowest BCUT2D eigenvalue weighted by Crippen LogP contribution is -1.94. The molecule has 3 atom stereocenters. The molecular formula is C6H13NP2. The lowest BCUT2D eigenvalue weighted by atomic mass is 10.5. The summed E-state index contributed by atoms with van der Waals surface area (Å²) in [6, 6.07) is 0. The lowest BCUT2D eigenvalue weighted by molar-refractivity contribution is 1.39. The van der Waals surface area contributed by atoms with Crippen LogP contribution in [0.25, 0.3) is 0 Å². The molecule has 0 radical (unpaired) electrons. The zero-order chi connectivity index (χ0) is 7.44. The summed E-state index contributed by atoms with van der Waals surface area (Å²) >= 11 is 0. The summed E-state index contributed by atoms with van der Waals surface area (Å²) in [5, 5.41) is 1.54. The van der Waals surface area contributed by atoms with E-state index in [4.69, 9.17) is 5.73 Å². The van der Waals surface area contributed by atoms with E-state index in [0.717, 1.165) is 5.31 Å². The highest BCUT2D eigenvalue weighted by Crippen LogP contribution is 2.33. The van der Waals surface area contributed by atoms with Crippen LogP contribution in [0.2, 0.25) is 0 Å². The first-order chi connectivity index (χ1) is 4.04. The van der Waals surface area contributed by atoms with E-state index < -0.39 is 0 Å². The zero-order valence-corrected chi connectivity index (χ0v) is 7.80. The van der Waals surface area contributed by atoms with Crippen molar-refractivity contribution in [1.82, 2.24) is 0 Å². The molecule has 52 valence electrons. The fourth-order valence-electron chi connectivity index (χ4n) is 0.368. The predicted octanol–water partition coefficient (Wildman–Crippen LogP) is 1.87. The van der Waals surface area contributed by atoms with E-state index in [1.165, 1.54) is 0 Å². The standard InChI is InChI=1S/C6H13NP2/c1-4(7)5(2)9-6(3)8/h6,9H,1-2,7-8H2,3H3. The topological polar surface area (TPSA) is 26.0 Å². The molecule has 0 aliphatic carbocycles. The number of nitrogens with two attached hydrogens (primary N) is 1. The van der Waals surface area contributed by atoms with Crippen LogP contribution >= 0.6 is 17.8 Å². The maximum absolute atomic E-state index is 5.39. The Balaban J connectivity index is 3.65. The maximum Gasteiger partial charge on any atom is 0.0310 e. The maximum atomic E-state index is 5.39. The molecule has 0 aromatic carbocycles. The Hall–Kier alpha value is 0.140. The smallest absolute Gasteiger partial charge is 0.0310 e. The minimum Gasteiger partial charge on any atom is -0.399 e. The first kappa shape index (κ1) is 9.14. The van der Waals surface area contributed by atoms with Crippen molar-refractivity contribution in [3.63, 3.8) is 0 Å². The van der Waals surface area contributed by atoms with Crippen molar-refractivity contribution in [3.8, 4) is 0 Å². The molecule has 9 heavy (non-hydrogen) atoms. The molecule has 1 nitrogen and oxygen atoms in total. The molecule has 0 saturated carbocycles. The monoisotopic (exact) mass is 161 g/mol. The third-order valence-corrected chi connectivity index (χ3v) is 2.41. The van der Waals surface area contributed by atoms with E-state index >= 15 is 0 Å². The second-order valence-electron chi connectivity index (χ2n) is 1.94. The third kappa shape index (κ3) is 4.63. The predicted molar refractivity (Wildman–Crippen MR) is 50.0 cm³/mol. The van der Waals surface area contributed by atoms with Crippen LogP contribution in [0, 0.1) is 0 Å². The van der Waals surface area contributed by atoms with Crippen molar-refractivity contribution >= 4 is 17.8 Å². The van der Waals surface area contributed by atoms with Crippen LogP contribution in [-0.4, -0.2) is 5.40 Å². The molecule has 0 saturated heterocycles. The fraction of sp³-hybridized carbons (Fsp3) is 0.333. The number of rotatable bonds is 3. The number of allylic oxidation sites excluding steroid dienone is 1. The van der Waals surface area contributed by atoms with E-state index in [9.17, 15) is 0 Å². The molecule has 0 aromatic rings. The van der Waals surface area contributed by atoms with Gasteiger partial charge in [-0.05, 0) is 10.7 Å². The average molecular weight is 161 g/mol. The van der Waals surface area contributed by atoms with Gasteiger partial charge in [0.15, 0.2) is 0 Å². The minimum atomic E-state index is 0.567. The van der Waals surface area contributed by atoms with Gasteiger partial charge in [-0.25, -0.2) is 0 Å². The second-order valence-corrected chi connectivity index (χ2v) is 5.41. The van der Waals surface area contributed by atoms with Crippen molar-refractivity contribution in [3.05, 3.63) is 24.2 Å². The van der Waals surface area contributed by atoms with E-state index in [0.29, 0.717) is 19.7 Å². The van der Waals surface area contributed by atoms with Crippen LogP contribution in [0.1, 0.15) is 6.92 Å². The van der Waals surface area contributed by atoms with Crippen LogP contribution in [-0.2, 0) is 0 Å². The molecular weight excluding hydrogens is 148 g/mol. The van der Waals surface area contributed by atoms with Crippen LogP contribution < -0.4 is 5.73 Å². The molecule has 2 N–H and O–H groups in total. The average Bonchev–Trinajstić information content (AvgIpc) is 1.63. The highest BCUT2D eigenvalue weighted by atomic mass is 31.1. The van der Waals surface area contributed by atoms with Gasteiger partial charge < -0.3 is 5.73 Å². The summed E-state index contributed by atoms with van der Waals surface area (Å²) in [5.41, 5.74) is 6.00. The molecule has 0 aromatic heterocycles. The number of hydrogen-bond acceptors (Lipinski definition) is 1. The van der Waals surface area contributed by atoms with Crippen LogP contribution in [0.15, 0.2) is 24.2 Å². The normalized spacial score (nSPS) is 14.0. The molecule has 0 heterocycles. The van der Waals surface area contributed by atoms with Crippen LogP contribution in [0.4, 0.5) is 0 Å². The molecule has 0 spiro atoms. The van der Waals surface area contributed by atoms with Gasteiger partial charge in [0.05, 0.1) is 0 Å². The highest BCUT2D eigenvalue weighted by Gasteiger charge is 1.97. The van der Waals surface area contributed by atoms with Crippen molar-refractivity contribution in [1.29, 1.82) is 0 Å². The Kier molecular flexibility index (Phi) is 4.10. The summed E-state index contributed by atoms with van der Waals surface area (Å²) in [5.74, 6) is 0. The van der Waals surface area contributed by atoms with E-state index in [1.807, 2.05) is 0 Å². The van der Waals surface area contributed by atoms with Gasteiger partial charge in [-0.1, -0.05) is 28.7 Å². The Morgan fingerprint density at radius 2 is 2.11 bits per heavy atom. The third-order valence-electron chi connectivity index (χ3n) is 0.790. The van der Waals surface area contributed by atoms with Gasteiger partial charge in [0, 0.05) is 5.70 Å². The Bertz CT molecular complexity index is 129. The minimum absolute atomic E-state index is 0.567. The Labute approximate surface area is 60.8 Å². The highest BCUT2D eigenvalue weighted by molar-refractivity contribution is 7.53. The molecule has 0 bridgehead atoms. The van der Waals surface area contributed by atoms with Gasteiger partial charge in [-0.3, -0.25) is 0 Å². The second kappa shape index (κ2) is 4.04. The molecule has 3 unspecified atom stereocenters. The van der Waals surface area contributed by atoms with Gasteiger partial charge in [-0.2, -0.15) is 0 Å². The van der Waals surface area contributed by atoms with Crippen molar-refractivity contribution in [2.45, 2.75) is 12.3 Å². The van der Waals surface area contributed by atoms with Gasteiger partial charge in [-0.15, -0.1) is 9.24 Å². The molecule has 0 rings (SSSR count). The van der Waals surface area contributed by atoms with Gasteiger partial charge in [0.2, 0.25) is 0 Å². The van der Waals surface area contributed by atoms with Gasteiger partial charge >= 0.3 is 0 Å². The van der Waals surface area contributed by atoms with E-state index in [1.54, 1.807) is 0 Å². The molecule has 0 fully saturated rings. The van der Waals surface area contributed by atoms with Crippen LogP contribution in [0.5, 0.6) is 0 Å². The molecule has 3 heteroatoms. The first-order valence-corrected chi connectivity index (χ1v) is 4.44. The van der Waals surface area contributed by atoms with Gasteiger partial charge in [0.1, 0.15) is 0 Å². The summed E-state index contributed by atoms with van der Waals surface area (Å²) in [6.07, 6.45) is 0. The lowest BCUT2D eigenvalue weighted by Gasteiger charge is -2.06. The molecule has 0 aliphatic rings. The first-order valence-electron chi connectivity index (χ1n) is 2.70.